The summed E-state index contributed by atoms with van der Waals surface area (Å²) < 4.78 is 0. The highest BCUT2D eigenvalue weighted by Gasteiger charge is 1.69. The summed E-state index contributed by atoms with van der Waals surface area (Å²) in [5.41, 5.74) is 0. The lowest BCUT2D eigenvalue weighted by Gasteiger charge is -1.77. The van der Waals surface area contributed by atoms with E-state index in [9.17, 15) is 0 Å². The Bertz CT molecular complexity index is 11.1. The van der Waals surface area contributed by atoms with Crippen molar-refractivity contribution in [3.05, 3.63) is 0 Å². The minimum Gasteiger partial charge on any atom is -0.0928 e. The standard InChI is InChI=1S/C4H9Br/c1-2-3-4-5/h2-4H2,1H3/i1+1,2+1,3+1,4+1. The van der Waals surface area contributed by atoms with E-state index in [1.54, 1.807) is 0 Å². The molecular weight excluding hydrogens is 132 g/mol. The third kappa shape index (κ3) is 4.48. The van der Waals surface area contributed by atoms with E-state index in [1.165, 1.54) is 12.8 Å². The topological polar surface area (TPSA) is 0 Å². The SMILES string of the molecule is [13CH3][13CH2][13CH2][13CH2]Br. The third-order valence-electron chi connectivity index (χ3n) is 0.487. The van der Waals surface area contributed by atoms with Crippen LogP contribution in [0, 0.1) is 0 Å². The molecule has 0 aromatic heterocycles. The van der Waals surface area contributed by atoms with Crippen LogP contribution in [0.5, 0.6) is 0 Å². The van der Waals surface area contributed by atoms with Gasteiger partial charge in [-0.3, -0.25) is 0 Å². The Kier molecular flexibility index (Phi) is 4.91. The summed E-state index contributed by atoms with van der Waals surface area (Å²) in [5.74, 6) is 0. The van der Waals surface area contributed by atoms with Crippen LogP contribution in [0.3, 0.4) is 0 Å². The Balaban J connectivity index is 2.19. The van der Waals surface area contributed by atoms with Gasteiger partial charge >= 0.3 is 0 Å². The molecule has 0 aromatic rings. The number of alkyl halides is 1. The summed E-state index contributed by atoms with van der Waals surface area (Å²) in [6.07, 6.45) is 2.60. The highest BCUT2D eigenvalue weighted by atomic mass is 79.9. The second kappa shape index (κ2) is 4.48. The predicted molar refractivity (Wildman–Crippen MR) is 28.7 cm³/mol. The Labute approximate surface area is 41.7 Å². The van der Waals surface area contributed by atoms with Crippen LogP contribution in [0.1, 0.15) is 19.8 Å². The molecule has 0 saturated heterocycles. The van der Waals surface area contributed by atoms with Gasteiger partial charge in [0.05, 0.1) is 0 Å². The normalized spacial score (nSPS) is 8.40. The Morgan fingerprint density at radius 3 is 2.20 bits per heavy atom. The molecule has 5 heavy (non-hydrogen) atoms. The maximum atomic E-state index is 3.31. The van der Waals surface area contributed by atoms with Gasteiger partial charge in [0.1, 0.15) is 0 Å². The van der Waals surface area contributed by atoms with Crippen LogP contribution in [-0.4, -0.2) is 5.33 Å². The van der Waals surface area contributed by atoms with Gasteiger partial charge < -0.3 is 0 Å². The van der Waals surface area contributed by atoms with Crippen molar-refractivity contribution in [2.75, 3.05) is 5.33 Å². The molecule has 0 unspecified atom stereocenters. The van der Waals surface area contributed by atoms with Crippen LogP contribution in [0.15, 0.2) is 0 Å². The molecule has 0 heterocycles. The fraction of sp³-hybridized carbons (Fsp3) is 1.00. The maximum Gasteiger partial charge on any atom is 0.00312 e. The summed E-state index contributed by atoms with van der Waals surface area (Å²) in [5, 5.41) is 1.16. The molecule has 0 N–H and O–H groups in total. The third-order valence-corrected chi connectivity index (χ3v) is 1.05. The molecule has 0 radical (unpaired) electrons. The zero-order chi connectivity index (χ0) is 4.12. The summed E-state index contributed by atoms with van der Waals surface area (Å²) in [4.78, 5) is 0. The van der Waals surface area contributed by atoms with Gasteiger partial charge in [0, 0.05) is 5.33 Å². The van der Waals surface area contributed by atoms with Gasteiger partial charge in [-0.05, 0) is 6.42 Å². The van der Waals surface area contributed by atoms with Crippen molar-refractivity contribution in [2.24, 2.45) is 0 Å². The fourth-order valence-corrected chi connectivity index (χ4v) is 0.694. The molecule has 0 saturated carbocycles. The van der Waals surface area contributed by atoms with Crippen molar-refractivity contribution >= 4 is 15.9 Å². The van der Waals surface area contributed by atoms with Crippen molar-refractivity contribution in [1.29, 1.82) is 0 Å². The van der Waals surface area contributed by atoms with Crippen molar-refractivity contribution in [2.45, 2.75) is 19.8 Å². The lowest BCUT2D eigenvalue weighted by Crippen LogP contribution is -1.64. The zero-order valence-electron chi connectivity index (χ0n) is 3.50. The molecule has 1 heteroatoms. The molecule has 0 aliphatic heterocycles. The molecule has 0 bridgehead atoms. The van der Waals surface area contributed by atoms with Crippen molar-refractivity contribution < 1.29 is 0 Å². The number of unbranched alkanes of at least 4 members (excludes halogenated alkanes) is 1. The average molecular weight is 141 g/mol. The molecule has 0 amide bonds. The molecule has 0 nitrogen and oxygen atoms in total. The molecule has 32 valence electrons. The summed E-state index contributed by atoms with van der Waals surface area (Å²) in [6, 6.07) is 0. The Morgan fingerprint density at radius 2 is 2.20 bits per heavy atom. The highest BCUT2D eigenvalue weighted by molar-refractivity contribution is 9.09. The zero-order valence-corrected chi connectivity index (χ0v) is 5.09. The van der Waals surface area contributed by atoms with E-state index in [2.05, 4.69) is 22.9 Å². The molecule has 0 atom stereocenters. The molecule has 0 aliphatic carbocycles. The second-order valence-electron chi connectivity index (χ2n) is 1.04. The summed E-state index contributed by atoms with van der Waals surface area (Å²) in [7, 11) is 0. The van der Waals surface area contributed by atoms with Crippen LogP contribution in [0.4, 0.5) is 0 Å². The van der Waals surface area contributed by atoms with Gasteiger partial charge in [0.15, 0.2) is 0 Å². The fourth-order valence-electron chi connectivity index (χ4n) is 0.134. The van der Waals surface area contributed by atoms with Gasteiger partial charge in [-0.25, -0.2) is 0 Å². The predicted octanol–water partition coefficient (Wildman–Crippen LogP) is 2.18. The van der Waals surface area contributed by atoms with E-state index in [-0.39, 0.29) is 0 Å². The number of hydrogen-bond acceptors (Lipinski definition) is 0. The van der Waals surface area contributed by atoms with Gasteiger partial charge in [0.25, 0.3) is 0 Å². The van der Waals surface area contributed by atoms with E-state index < -0.39 is 0 Å². The minimum absolute atomic E-state index is 1.16. The second-order valence-corrected chi connectivity index (χ2v) is 1.84. The summed E-state index contributed by atoms with van der Waals surface area (Å²) in [6.45, 7) is 2.18. The molecule has 0 rings (SSSR count). The molecule has 0 spiro atoms. The lowest BCUT2D eigenvalue weighted by molar-refractivity contribution is 0.902. The largest absolute Gasteiger partial charge is 0.0928 e. The van der Waals surface area contributed by atoms with Crippen LogP contribution >= 0.6 is 15.9 Å². The van der Waals surface area contributed by atoms with Crippen molar-refractivity contribution in [1.82, 2.24) is 0 Å². The van der Waals surface area contributed by atoms with Crippen molar-refractivity contribution in [3.63, 3.8) is 0 Å². The van der Waals surface area contributed by atoms with Crippen LogP contribution < -0.4 is 0 Å². The first-order chi connectivity index (χ1) is 2.41. The van der Waals surface area contributed by atoms with E-state index in [1.807, 2.05) is 0 Å². The van der Waals surface area contributed by atoms with Gasteiger partial charge in [-0.15, -0.1) is 0 Å². The van der Waals surface area contributed by atoms with Crippen LogP contribution in [-0.2, 0) is 0 Å². The average Bonchev–Trinajstić information content (AvgIpc) is 1.41. The monoisotopic (exact) mass is 140 g/mol. The molecule has 0 aliphatic rings. The first kappa shape index (κ1) is 5.48. The molecule has 0 fully saturated rings. The lowest BCUT2D eigenvalue weighted by atomic mass is 11.4. The van der Waals surface area contributed by atoms with E-state index in [4.69, 9.17) is 0 Å². The van der Waals surface area contributed by atoms with Crippen molar-refractivity contribution in [3.8, 4) is 0 Å². The van der Waals surface area contributed by atoms with E-state index in [0.29, 0.717) is 0 Å². The first-order valence-electron chi connectivity index (χ1n) is 1.97. The maximum absolute atomic E-state index is 3.31. The number of rotatable bonds is 2. The van der Waals surface area contributed by atoms with Crippen LogP contribution in [0.25, 0.3) is 0 Å². The minimum atomic E-state index is 1.16. The van der Waals surface area contributed by atoms with Gasteiger partial charge in [-0.1, -0.05) is 29.3 Å². The smallest absolute Gasteiger partial charge is 0.00312 e. The molecule has 0 aromatic carbocycles. The summed E-state index contributed by atoms with van der Waals surface area (Å²) >= 11 is 3.31. The number of hydrogen-bond donors (Lipinski definition) is 0. The number of halogens is 1. The Hall–Kier alpha value is 0.480. The Morgan fingerprint density at radius 1 is 1.60 bits per heavy atom. The van der Waals surface area contributed by atoms with E-state index >= 15 is 0 Å². The van der Waals surface area contributed by atoms with Crippen LogP contribution in [0.2, 0.25) is 0 Å². The van der Waals surface area contributed by atoms with Gasteiger partial charge in [0.2, 0.25) is 0 Å². The highest BCUT2D eigenvalue weighted by Crippen LogP contribution is 1.89. The van der Waals surface area contributed by atoms with Gasteiger partial charge in [-0.2, -0.15) is 0 Å². The first-order valence-corrected chi connectivity index (χ1v) is 3.10. The molecular formula is C4H9Br. The van der Waals surface area contributed by atoms with E-state index in [0.717, 1.165) is 5.33 Å². The quantitative estimate of drug-likeness (QED) is 0.408.